The highest BCUT2D eigenvalue weighted by atomic mass is 16.5. The van der Waals surface area contributed by atoms with Gasteiger partial charge in [-0.25, -0.2) is 0 Å². The van der Waals surface area contributed by atoms with E-state index in [0.29, 0.717) is 5.75 Å². The minimum absolute atomic E-state index is 0.106. The van der Waals surface area contributed by atoms with Gasteiger partial charge in [-0.3, -0.25) is 4.79 Å². The highest BCUT2D eigenvalue weighted by Gasteiger charge is 2.07. The summed E-state index contributed by atoms with van der Waals surface area (Å²) in [6.07, 6.45) is -0.570. The molecule has 0 aliphatic rings. The number of aromatic hydroxyl groups is 1. The van der Waals surface area contributed by atoms with Crippen LogP contribution in [0.15, 0.2) is 18.2 Å². The summed E-state index contributed by atoms with van der Waals surface area (Å²) < 4.78 is 5.16. The Morgan fingerprint density at radius 3 is 2.67 bits per heavy atom. The van der Waals surface area contributed by atoms with Gasteiger partial charge in [0, 0.05) is 6.07 Å². The van der Waals surface area contributed by atoms with Gasteiger partial charge in [-0.2, -0.15) is 0 Å². The van der Waals surface area contributed by atoms with Crippen LogP contribution in [0.1, 0.15) is 24.2 Å². The average Bonchev–Trinajstić information content (AvgIpc) is 2.14. The van der Waals surface area contributed by atoms with E-state index in [1.807, 2.05) is 0 Å². The summed E-state index contributed by atoms with van der Waals surface area (Å²) in [5, 5.41) is 18.4. The highest BCUT2D eigenvalue weighted by molar-refractivity contribution is 5.96. The molecule has 15 heavy (non-hydrogen) atoms. The third-order valence-corrected chi connectivity index (χ3v) is 1.84. The number of benzene rings is 1. The van der Waals surface area contributed by atoms with Crippen molar-refractivity contribution in [1.82, 2.24) is 0 Å². The van der Waals surface area contributed by atoms with Crippen LogP contribution in [0, 0.1) is 0 Å². The summed E-state index contributed by atoms with van der Waals surface area (Å²) >= 11 is 0. The van der Waals surface area contributed by atoms with Gasteiger partial charge < -0.3 is 14.9 Å². The van der Waals surface area contributed by atoms with Crippen molar-refractivity contribution < 1.29 is 19.7 Å². The van der Waals surface area contributed by atoms with E-state index in [1.165, 1.54) is 19.1 Å². The Balaban J connectivity index is 2.78. The van der Waals surface area contributed by atoms with E-state index in [9.17, 15) is 9.90 Å². The third kappa shape index (κ3) is 3.25. The summed E-state index contributed by atoms with van der Waals surface area (Å²) in [6.45, 7) is 3.13. The normalized spacial score (nSPS) is 12.2. The smallest absolute Gasteiger partial charge is 0.163 e. The second-order valence-electron chi connectivity index (χ2n) is 3.40. The molecule has 82 valence electrons. The summed E-state index contributed by atoms with van der Waals surface area (Å²) in [5.74, 6) is 0.124. The largest absolute Gasteiger partial charge is 0.507 e. The van der Waals surface area contributed by atoms with E-state index >= 15 is 0 Å². The molecule has 0 radical (unpaired) electrons. The zero-order valence-electron chi connectivity index (χ0n) is 8.73. The molecule has 0 amide bonds. The van der Waals surface area contributed by atoms with Crippen LogP contribution in [-0.4, -0.2) is 28.7 Å². The summed E-state index contributed by atoms with van der Waals surface area (Å²) in [4.78, 5) is 11.0. The average molecular weight is 210 g/mol. The van der Waals surface area contributed by atoms with E-state index in [-0.39, 0.29) is 23.7 Å². The molecule has 0 aliphatic carbocycles. The van der Waals surface area contributed by atoms with Gasteiger partial charge in [-0.15, -0.1) is 0 Å². The Kier molecular flexibility index (Phi) is 3.68. The summed E-state index contributed by atoms with van der Waals surface area (Å²) in [5.41, 5.74) is 0.263. The predicted octanol–water partition coefficient (Wildman–Crippen LogP) is 1.35. The molecule has 0 saturated heterocycles. The number of carbonyl (C=O) groups excluding carboxylic acids is 1. The lowest BCUT2D eigenvalue weighted by atomic mass is 10.1. The number of ketones is 1. The maximum absolute atomic E-state index is 11.0. The number of ether oxygens (including phenoxy) is 1. The topological polar surface area (TPSA) is 66.8 Å². The minimum Gasteiger partial charge on any atom is -0.507 e. The van der Waals surface area contributed by atoms with Gasteiger partial charge in [0.05, 0.1) is 11.7 Å². The number of phenolic OH excluding ortho intramolecular Hbond substituents is 1. The first-order valence-electron chi connectivity index (χ1n) is 4.65. The number of hydrogen-bond donors (Lipinski definition) is 2. The van der Waals surface area contributed by atoms with E-state index < -0.39 is 6.10 Å². The lowest BCUT2D eigenvalue weighted by Gasteiger charge is -2.09. The number of Topliss-reactive ketones (excluding diaryl/α,β-unsaturated/α-hetero) is 1. The van der Waals surface area contributed by atoms with Crippen molar-refractivity contribution in [2.45, 2.75) is 20.0 Å². The molecule has 0 saturated carbocycles. The molecular weight excluding hydrogens is 196 g/mol. The number of aliphatic hydroxyl groups excluding tert-OH is 1. The second kappa shape index (κ2) is 4.79. The number of phenols is 1. The van der Waals surface area contributed by atoms with Crippen LogP contribution in [0.2, 0.25) is 0 Å². The van der Waals surface area contributed by atoms with Gasteiger partial charge in [0.1, 0.15) is 18.1 Å². The molecular formula is C11H14O4. The molecule has 0 spiro atoms. The van der Waals surface area contributed by atoms with Gasteiger partial charge >= 0.3 is 0 Å². The Bertz CT molecular complexity index is 358. The van der Waals surface area contributed by atoms with Crippen LogP contribution in [0.3, 0.4) is 0 Å². The SMILES string of the molecule is CC(=O)c1ccc(OC[C@H](C)O)cc1O. The van der Waals surface area contributed by atoms with Crippen LogP contribution in [-0.2, 0) is 0 Å². The summed E-state index contributed by atoms with van der Waals surface area (Å²) in [7, 11) is 0. The van der Waals surface area contributed by atoms with Crippen LogP contribution in [0.5, 0.6) is 11.5 Å². The molecule has 1 aromatic rings. The van der Waals surface area contributed by atoms with Gasteiger partial charge in [-0.05, 0) is 26.0 Å². The summed E-state index contributed by atoms with van der Waals surface area (Å²) in [6, 6.07) is 4.44. The Morgan fingerprint density at radius 1 is 1.53 bits per heavy atom. The Morgan fingerprint density at radius 2 is 2.20 bits per heavy atom. The first-order chi connectivity index (χ1) is 7.00. The molecule has 0 aromatic heterocycles. The number of hydrogen-bond acceptors (Lipinski definition) is 4. The molecule has 1 aromatic carbocycles. The van der Waals surface area contributed by atoms with E-state index in [1.54, 1.807) is 13.0 Å². The van der Waals surface area contributed by atoms with E-state index in [2.05, 4.69) is 0 Å². The maximum Gasteiger partial charge on any atom is 0.163 e. The van der Waals surface area contributed by atoms with E-state index in [0.717, 1.165) is 0 Å². The molecule has 0 unspecified atom stereocenters. The molecule has 0 aliphatic heterocycles. The predicted molar refractivity (Wildman–Crippen MR) is 55.3 cm³/mol. The van der Waals surface area contributed by atoms with Gasteiger partial charge in [0.25, 0.3) is 0 Å². The molecule has 0 heterocycles. The quantitative estimate of drug-likeness (QED) is 0.736. The molecule has 4 heteroatoms. The maximum atomic E-state index is 11.0. The minimum atomic E-state index is -0.570. The van der Waals surface area contributed by atoms with Crippen molar-refractivity contribution >= 4 is 5.78 Å². The fourth-order valence-electron chi connectivity index (χ4n) is 1.12. The van der Waals surface area contributed by atoms with Crippen molar-refractivity contribution in [3.05, 3.63) is 23.8 Å². The van der Waals surface area contributed by atoms with Gasteiger partial charge in [0.15, 0.2) is 5.78 Å². The number of carbonyl (C=O) groups is 1. The van der Waals surface area contributed by atoms with E-state index in [4.69, 9.17) is 9.84 Å². The lowest BCUT2D eigenvalue weighted by molar-refractivity contribution is 0.101. The zero-order chi connectivity index (χ0) is 11.4. The van der Waals surface area contributed by atoms with Crippen LogP contribution < -0.4 is 4.74 Å². The number of rotatable bonds is 4. The van der Waals surface area contributed by atoms with Gasteiger partial charge in [-0.1, -0.05) is 0 Å². The monoisotopic (exact) mass is 210 g/mol. The molecule has 0 bridgehead atoms. The van der Waals surface area contributed by atoms with Crippen LogP contribution >= 0.6 is 0 Å². The molecule has 0 fully saturated rings. The highest BCUT2D eigenvalue weighted by Crippen LogP contribution is 2.23. The van der Waals surface area contributed by atoms with Crippen molar-refractivity contribution in [2.24, 2.45) is 0 Å². The van der Waals surface area contributed by atoms with Crippen LogP contribution in [0.4, 0.5) is 0 Å². The van der Waals surface area contributed by atoms with Gasteiger partial charge in [0.2, 0.25) is 0 Å². The first kappa shape index (κ1) is 11.5. The molecule has 1 atom stereocenters. The fourth-order valence-corrected chi connectivity index (χ4v) is 1.12. The lowest BCUT2D eigenvalue weighted by Crippen LogP contribution is -2.12. The Hall–Kier alpha value is -1.55. The zero-order valence-corrected chi connectivity index (χ0v) is 8.73. The third-order valence-electron chi connectivity index (χ3n) is 1.84. The standard InChI is InChI=1S/C11H14O4/c1-7(12)6-15-9-3-4-10(8(2)13)11(14)5-9/h3-5,7,12,14H,6H2,1-2H3/t7-/m0/s1. The second-order valence-corrected chi connectivity index (χ2v) is 3.40. The molecule has 1 rings (SSSR count). The molecule has 2 N–H and O–H groups in total. The van der Waals surface area contributed by atoms with Crippen molar-refractivity contribution in [1.29, 1.82) is 0 Å². The van der Waals surface area contributed by atoms with Crippen molar-refractivity contribution in [3.63, 3.8) is 0 Å². The number of aliphatic hydroxyl groups is 1. The fraction of sp³-hybridized carbons (Fsp3) is 0.364. The van der Waals surface area contributed by atoms with Crippen LogP contribution in [0.25, 0.3) is 0 Å². The van der Waals surface area contributed by atoms with Crippen molar-refractivity contribution in [2.75, 3.05) is 6.61 Å². The van der Waals surface area contributed by atoms with Crippen molar-refractivity contribution in [3.8, 4) is 11.5 Å². The molecule has 4 nitrogen and oxygen atoms in total. The first-order valence-corrected chi connectivity index (χ1v) is 4.65. The Labute approximate surface area is 88.1 Å².